The third kappa shape index (κ3) is 6.60. The van der Waals surface area contributed by atoms with Crippen molar-refractivity contribution in [3.05, 3.63) is 35.4 Å². The second-order valence-corrected chi connectivity index (χ2v) is 4.92. The lowest BCUT2D eigenvalue weighted by Gasteiger charge is -2.13. The van der Waals surface area contributed by atoms with Gasteiger partial charge in [0.25, 0.3) is 0 Å². The molecular formula is C15H21NO3. The standard InChI is InChI=1S/C15H21NO3/c1-11-6-8-13(9-7-11)10-14(17)16-12(2)4-3-5-15(18)19/h6-9,12H,3-5,10H2,1-2H3,(H,16,17)(H,18,19). The van der Waals surface area contributed by atoms with Crippen LogP contribution in [0.2, 0.25) is 0 Å². The average molecular weight is 263 g/mol. The van der Waals surface area contributed by atoms with Crippen molar-refractivity contribution in [1.29, 1.82) is 0 Å². The largest absolute Gasteiger partial charge is 0.481 e. The molecule has 0 heterocycles. The molecule has 0 bridgehead atoms. The van der Waals surface area contributed by atoms with Crippen LogP contribution in [-0.4, -0.2) is 23.0 Å². The van der Waals surface area contributed by atoms with Crippen molar-refractivity contribution in [3.8, 4) is 0 Å². The Hall–Kier alpha value is -1.84. The number of carboxylic acid groups (broad SMARTS) is 1. The van der Waals surface area contributed by atoms with Gasteiger partial charge in [-0.05, 0) is 32.3 Å². The van der Waals surface area contributed by atoms with E-state index in [4.69, 9.17) is 5.11 Å². The highest BCUT2D eigenvalue weighted by molar-refractivity contribution is 5.78. The van der Waals surface area contributed by atoms with E-state index in [9.17, 15) is 9.59 Å². The van der Waals surface area contributed by atoms with Crippen LogP contribution in [0.1, 0.15) is 37.3 Å². The molecule has 104 valence electrons. The van der Waals surface area contributed by atoms with E-state index in [-0.39, 0.29) is 18.4 Å². The summed E-state index contributed by atoms with van der Waals surface area (Å²) < 4.78 is 0. The smallest absolute Gasteiger partial charge is 0.303 e. The van der Waals surface area contributed by atoms with Crippen molar-refractivity contribution >= 4 is 11.9 Å². The van der Waals surface area contributed by atoms with Gasteiger partial charge in [0.1, 0.15) is 0 Å². The Balaban J connectivity index is 2.30. The van der Waals surface area contributed by atoms with Crippen LogP contribution < -0.4 is 5.32 Å². The minimum Gasteiger partial charge on any atom is -0.481 e. The Bertz CT molecular complexity index is 426. The first-order chi connectivity index (χ1) is 8.97. The van der Waals surface area contributed by atoms with Crippen LogP contribution in [0, 0.1) is 6.92 Å². The predicted octanol–water partition coefficient (Wildman–Crippen LogP) is 2.30. The fraction of sp³-hybridized carbons (Fsp3) is 0.467. The maximum absolute atomic E-state index is 11.8. The Morgan fingerprint density at radius 3 is 2.47 bits per heavy atom. The topological polar surface area (TPSA) is 66.4 Å². The summed E-state index contributed by atoms with van der Waals surface area (Å²) in [7, 11) is 0. The van der Waals surface area contributed by atoms with Gasteiger partial charge in [0.05, 0.1) is 6.42 Å². The van der Waals surface area contributed by atoms with Gasteiger partial charge in [0.15, 0.2) is 0 Å². The number of hydrogen-bond donors (Lipinski definition) is 2. The summed E-state index contributed by atoms with van der Waals surface area (Å²) in [4.78, 5) is 22.2. The molecule has 19 heavy (non-hydrogen) atoms. The highest BCUT2D eigenvalue weighted by Gasteiger charge is 2.08. The summed E-state index contributed by atoms with van der Waals surface area (Å²) >= 11 is 0. The lowest BCUT2D eigenvalue weighted by atomic mass is 10.1. The fourth-order valence-electron chi connectivity index (χ4n) is 1.85. The zero-order valence-corrected chi connectivity index (χ0v) is 11.5. The first kappa shape index (κ1) is 15.2. The second kappa shape index (κ2) is 7.56. The maximum atomic E-state index is 11.8. The number of aliphatic carboxylic acids is 1. The number of rotatable bonds is 7. The van der Waals surface area contributed by atoms with E-state index >= 15 is 0 Å². The van der Waals surface area contributed by atoms with Crippen LogP contribution in [0.4, 0.5) is 0 Å². The summed E-state index contributed by atoms with van der Waals surface area (Å²) in [5.41, 5.74) is 2.16. The van der Waals surface area contributed by atoms with E-state index in [1.165, 1.54) is 5.56 Å². The zero-order chi connectivity index (χ0) is 14.3. The maximum Gasteiger partial charge on any atom is 0.303 e. The lowest BCUT2D eigenvalue weighted by Crippen LogP contribution is -2.33. The molecule has 0 spiro atoms. The Morgan fingerprint density at radius 1 is 1.26 bits per heavy atom. The van der Waals surface area contributed by atoms with Crippen LogP contribution in [0.5, 0.6) is 0 Å². The molecule has 0 aliphatic heterocycles. The van der Waals surface area contributed by atoms with Crippen LogP contribution in [0.3, 0.4) is 0 Å². The Kier molecular flexibility index (Phi) is 6.06. The molecule has 1 rings (SSSR count). The van der Waals surface area contributed by atoms with E-state index in [0.29, 0.717) is 19.3 Å². The van der Waals surface area contributed by atoms with Crippen molar-refractivity contribution < 1.29 is 14.7 Å². The average Bonchev–Trinajstić information content (AvgIpc) is 2.31. The molecule has 0 aliphatic carbocycles. The lowest BCUT2D eigenvalue weighted by molar-refractivity contribution is -0.137. The summed E-state index contributed by atoms with van der Waals surface area (Å²) in [5, 5.41) is 11.4. The predicted molar refractivity (Wildman–Crippen MR) is 74.0 cm³/mol. The first-order valence-corrected chi connectivity index (χ1v) is 6.54. The van der Waals surface area contributed by atoms with Gasteiger partial charge in [-0.3, -0.25) is 9.59 Å². The molecule has 4 heteroatoms. The van der Waals surface area contributed by atoms with Gasteiger partial charge in [-0.15, -0.1) is 0 Å². The molecule has 0 saturated carbocycles. The molecule has 0 radical (unpaired) electrons. The molecule has 0 aromatic heterocycles. The second-order valence-electron chi connectivity index (χ2n) is 4.92. The van der Waals surface area contributed by atoms with Crippen molar-refractivity contribution in [3.63, 3.8) is 0 Å². The number of amides is 1. The summed E-state index contributed by atoms with van der Waals surface area (Å²) in [6.07, 6.45) is 1.79. The van der Waals surface area contributed by atoms with Crippen LogP contribution in [0.15, 0.2) is 24.3 Å². The molecule has 1 aromatic carbocycles. The number of nitrogens with one attached hydrogen (secondary N) is 1. The van der Waals surface area contributed by atoms with Gasteiger partial charge in [-0.25, -0.2) is 0 Å². The number of carbonyl (C=O) groups is 2. The Labute approximate surface area is 113 Å². The number of benzene rings is 1. The molecule has 1 amide bonds. The monoisotopic (exact) mass is 263 g/mol. The Morgan fingerprint density at radius 2 is 1.89 bits per heavy atom. The van der Waals surface area contributed by atoms with Crippen molar-refractivity contribution in [2.45, 2.75) is 45.6 Å². The number of hydrogen-bond acceptors (Lipinski definition) is 2. The molecule has 1 aromatic rings. The highest BCUT2D eigenvalue weighted by atomic mass is 16.4. The molecule has 1 unspecified atom stereocenters. The van der Waals surface area contributed by atoms with Gasteiger partial charge in [0, 0.05) is 12.5 Å². The number of aryl methyl sites for hydroxylation is 1. The molecule has 4 nitrogen and oxygen atoms in total. The summed E-state index contributed by atoms with van der Waals surface area (Å²) in [6, 6.07) is 7.88. The summed E-state index contributed by atoms with van der Waals surface area (Å²) in [5.74, 6) is -0.815. The highest BCUT2D eigenvalue weighted by Crippen LogP contribution is 2.05. The number of carboxylic acids is 1. The van der Waals surface area contributed by atoms with E-state index in [1.807, 2.05) is 38.1 Å². The van der Waals surface area contributed by atoms with Gasteiger partial charge in [-0.1, -0.05) is 29.8 Å². The van der Waals surface area contributed by atoms with Crippen LogP contribution in [0.25, 0.3) is 0 Å². The molecule has 0 saturated heterocycles. The fourth-order valence-corrected chi connectivity index (χ4v) is 1.85. The van der Waals surface area contributed by atoms with E-state index in [2.05, 4.69) is 5.32 Å². The molecule has 0 fully saturated rings. The molecule has 0 aliphatic rings. The summed E-state index contributed by atoms with van der Waals surface area (Å²) in [6.45, 7) is 3.91. The van der Waals surface area contributed by atoms with Crippen LogP contribution >= 0.6 is 0 Å². The molecule has 2 N–H and O–H groups in total. The van der Waals surface area contributed by atoms with Crippen molar-refractivity contribution in [1.82, 2.24) is 5.32 Å². The van der Waals surface area contributed by atoms with Gasteiger partial charge < -0.3 is 10.4 Å². The van der Waals surface area contributed by atoms with Gasteiger partial charge in [-0.2, -0.15) is 0 Å². The third-order valence-corrected chi connectivity index (χ3v) is 2.92. The number of carbonyl (C=O) groups excluding carboxylic acids is 1. The quantitative estimate of drug-likeness (QED) is 0.793. The van der Waals surface area contributed by atoms with E-state index in [1.54, 1.807) is 0 Å². The first-order valence-electron chi connectivity index (χ1n) is 6.54. The van der Waals surface area contributed by atoms with Crippen molar-refractivity contribution in [2.75, 3.05) is 0 Å². The van der Waals surface area contributed by atoms with Crippen LogP contribution in [-0.2, 0) is 16.0 Å². The van der Waals surface area contributed by atoms with E-state index < -0.39 is 5.97 Å². The van der Waals surface area contributed by atoms with Crippen molar-refractivity contribution in [2.24, 2.45) is 0 Å². The molecular weight excluding hydrogens is 242 g/mol. The minimum absolute atomic E-state index is 0.0114. The van der Waals surface area contributed by atoms with Gasteiger partial charge >= 0.3 is 5.97 Å². The SMILES string of the molecule is Cc1ccc(CC(=O)NC(C)CCCC(=O)O)cc1. The van der Waals surface area contributed by atoms with Gasteiger partial charge in [0.2, 0.25) is 5.91 Å². The van der Waals surface area contributed by atoms with E-state index in [0.717, 1.165) is 5.56 Å². The third-order valence-electron chi connectivity index (χ3n) is 2.92. The molecule has 1 atom stereocenters. The normalized spacial score (nSPS) is 11.9. The zero-order valence-electron chi connectivity index (χ0n) is 11.5. The minimum atomic E-state index is -0.793.